The molecule has 0 unspecified atom stereocenters. The van der Waals surface area contributed by atoms with Gasteiger partial charge in [0.1, 0.15) is 11.0 Å². The number of halogens is 1. The predicted octanol–water partition coefficient (Wildman–Crippen LogP) is 3.32. The van der Waals surface area contributed by atoms with Gasteiger partial charge < -0.3 is 21.1 Å². The first-order valence-corrected chi connectivity index (χ1v) is 11.8. The molecule has 1 atom stereocenters. The predicted molar refractivity (Wildman–Crippen MR) is 127 cm³/mol. The number of anilines is 1. The number of esters is 1. The van der Waals surface area contributed by atoms with Crippen molar-refractivity contribution in [1.82, 2.24) is 5.32 Å². The van der Waals surface area contributed by atoms with Crippen LogP contribution in [0.2, 0.25) is 5.02 Å². The number of carbonyl (C=O) groups excluding carboxylic acids is 4. The van der Waals surface area contributed by atoms with Gasteiger partial charge in [0.15, 0.2) is 6.61 Å². The van der Waals surface area contributed by atoms with Gasteiger partial charge >= 0.3 is 5.97 Å². The molecule has 8 nitrogen and oxygen atoms in total. The number of rotatable bonds is 8. The monoisotopic (exact) mass is 491 g/mol. The molecule has 0 saturated heterocycles. The number of hydrogen-bond acceptors (Lipinski definition) is 6. The van der Waals surface area contributed by atoms with Crippen molar-refractivity contribution in [1.29, 1.82) is 0 Å². The molecule has 1 aliphatic rings. The first-order chi connectivity index (χ1) is 15.7. The molecule has 1 aliphatic carbocycles. The van der Waals surface area contributed by atoms with E-state index in [1.165, 1.54) is 11.3 Å². The van der Waals surface area contributed by atoms with Crippen molar-refractivity contribution in [3.63, 3.8) is 0 Å². The summed E-state index contributed by atoms with van der Waals surface area (Å²) in [5, 5.41) is 6.15. The summed E-state index contributed by atoms with van der Waals surface area (Å²) < 4.78 is 5.16. The molecule has 1 heterocycles. The molecule has 0 bridgehead atoms. The Morgan fingerprint density at radius 3 is 2.42 bits per heavy atom. The number of nitrogens with one attached hydrogen (secondary N) is 2. The fourth-order valence-corrected chi connectivity index (χ4v) is 5.06. The lowest BCUT2D eigenvalue weighted by atomic mass is 9.95. The van der Waals surface area contributed by atoms with Gasteiger partial charge in [0, 0.05) is 15.5 Å². The zero-order valence-corrected chi connectivity index (χ0v) is 20.0. The normalized spacial score (nSPS) is 13.7. The highest BCUT2D eigenvalue weighted by Gasteiger charge is 2.28. The molecule has 1 aromatic carbocycles. The highest BCUT2D eigenvalue weighted by atomic mass is 35.5. The van der Waals surface area contributed by atoms with Crippen LogP contribution in [-0.4, -0.2) is 36.3 Å². The van der Waals surface area contributed by atoms with Crippen LogP contribution in [0.1, 0.15) is 57.8 Å². The number of aryl methyl sites for hydroxylation is 1. The average Bonchev–Trinajstić information content (AvgIpc) is 3.13. The van der Waals surface area contributed by atoms with Gasteiger partial charge in [0.2, 0.25) is 0 Å². The van der Waals surface area contributed by atoms with Gasteiger partial charge in [-0.2, -0.15) is 0 Å². The molecule has 3 amide bonds. The summed E-state index contributed by atoms with van der Waals surface area (Å²) in [5.41, 5.74) is 7.12. The zero-order valence-electron chi connectivity index (χ0n) is 18.4. The summed E-state index contributed by atoms with van der Waals surface area (Å²) >= 11 is 7.17. The Morgan fingerprint density at radius 1 is 1.12 bits per heavy atom. The fourth-order valence-electron chi connectivity index (χ4n) is 3.63. The van der Waals surface area contributed by atoms with Crippen molar-refractivity contribution in [2.45, 2.75) is 45.6 Å². The van der Waals surface area contributed by atoms with Crippen molar-refractivity contribution in [2.24, 2.45) is 11.7 Å². The summed E-state index contributed by atoms with van der Waals surface area (Å²) in [7, 11) is 0. The standard InChI is InChI=1S/C23H26ClN3O5S/c1-12(2)19(27-21(30)13-7-9-14(24)10-8-13)23(31)32-11-17(28)26-22-18(20(25)29)15-5-3-4-6-16(15)33-22/h7-10,12,19H,3-6,11H2,1-2H3,(H2,25,29)(H,26,28)(H,27,30)/t19-/m1/s1. The van der Waals surface area contributed by atoms with E-state index in [0.717, 1.165) is 36.1 Å². The Kier molecular flexibility index (Phi) is 8.10. The lowest BCUT2D eigenvalue weighted by molar-refractivity contribution is -0.150. The topological polar surface area (TPSA) is 128 Å². The van der Waals surface area contributed by atoms with Gasteiger partial charge in [-0.15, -0.1) is 11.3 Å². The molecule has 0 radical (unpaired) electrons. The van der Waals surface area contributed by atoms with Crippen LogP contribution in [0.3, 0.4) is 0 Å². The molecule has 176 valence electrons. The molecule has 0 fully saturated rings. The second kappa shape index (κ2) is 10.8. The third kappa shape index (κ3) is 6.11. The van der Waals surface area contributed by atoms with E-state index in [0.29, 0.717) is 21.2 Å². The summed E-state index contributed by atoms with van der Waals surface area (Å²) in [6.07, 6.45) is 3.58. The molecule has 33 heavy (non-hydrogen) atoms. The molecule has 2 aromatic rings. The number of nitrogens with two attached hydrogens (primary N) is 1. The van der Waals surface area contributed by atoms with Gasteiger partial charge in [0.25, 0.3) is 17.7 Å². The van der Waals surface area contributed by atoms with Crippen molar-refractivity contribution in [3.05, 3.63) is 50.9 Å². The summed E-state index contributed by atoms with van der Waals surface area (Å²) in [6, 6.07) is 5.30. The van der Waals surface area contributed by atoms with E-state index >= 15 is 0 Å². The Labute approximate surface area is 200 Å². The first kappa shape index (κ1) is 24.7. The van der Waals surface area contributed by atoms with E-state index in [1.807, 2.05) is 0 Å². The van der Waals surface area contributed by atoms with Crippen molar-refractivity contribution in [2.75, 3.05) is 11.9 Å². The van der Waals surface area contributed by atoms with E-state index in [4.69, 9.17) is 22.1 Å². The second-order valence-corrected chi connectivity index (χ2v) is 9.68. The lowest BCUT2D eigenvalue weighted by Crippen LogP contribution is -2.45. The molecule has 10 heteroatoms. The van der Waals surface area contributed by atoms with E-state index in [-0.39, 0.29) is 5.92 Å². The number of thiophene rings is 1. The minimum atomic E-state index is -0.948. The molecule has 4 N–H and O–H groups in total. The van der Waals surface area contributed by atoms with Gasteiger partial charge in [-0.05, 0) is 61.4 Å². The largest absolute Gasteiger partial charge is 0.454 e. The maximum atomic E-state index is 12.6. The first-order valence-electron chi connectivity index (χ1n) is 10.6. The number of hydrogen-bond donors (Lipinski definition) is 3. The number of carbonyl (C=O) groups is 4. The molecule has 0 aliphatic heterocycles. The SMILES string of the molecule is CC(C)[C@@H](NC(=O)c1ccc(Cl)cc1)C(=O)OCC(=O)Nc1sc2c(c1C(N)=O)CCCC2. The maximum absolute atomic E-state index is 12.6. The van der Waals surface area contributed by atoms with Crippen LogP contribution in [0.4, 0.5) is 5.00 Å². The number of amides is 3. The van der Waals surface area contributed by atoms with Crippen LogP contribution >= 0.6 is 22.9 Å². The van der Waals surface area contributed by atoms with Crippen LogP contribution in [-0.2, 0) is 27.2 Å². The number of benzene rings is 1. The van der Waals surface area contributed by atoms with Gasteiger partial charge in [0.05, 0.1) is 5.56 Å². The average molecular weight is 492 g/mol. The van der Waals surface area contributed by atoms with E-state index in [9.17, 15) is 19.2 Å². The summed E-state index contributed by atoms with van der Waals surface area (Å²) in [4.78, 5) is 50.5. The summed E-state index contributed by atoms with van der Waals surface area (Å²) in [5.74, 6) is -2.64. The Hall–Kier alpha value is -2.91. The summed E-state index contributed by atoms with van der Waals surface area (Å²) in [6.45, 7) is 2.95. The van der Waals surface area contributed by atoms with Crippen LogP contribution in [0.5, 0.6) is 0 Å². The highest BCUT2D eigenvalue weighted by molar-refractivity contribution is 7.17. The third-order valence-electron chi connectivity index (χ3n) is 5.33. The Balaban J connectivity index is 1.61. The molecule has 3 rings (SSSR count). The van der Waals surface area contributed by atoms with Crippen molar-refractivity contribution in [3.8, 4) is 0 Å². The van der Waals surface area contributed by atoms with Crippen LogP contribution in [0.25, 0.3) is 0 Å². The maximum Gasteiger partial charge on any atom is 0.329 e. The van der Waals surface area contributed by atoms with Crippen LogP contribution in [0.15, 0.2) is 24.3 Å². The molecular formula is C23H26ClN3O5S. The Bertz CT molecular complexity index is 1060. The quantitative estimate of drug-likeness (QED) is 0.488. The van der Waals surface area contributed by atoms with Crippen LogP contribution < -0.4 is 16.4 Å². The Morgan fingerprint density at radius 2 is 1.79 bits per heavy atom. The van der Waals surface area contributed by atoms with E-state index < -0.39 is 36.3 Å². The minimum absolute atomic E-state index is 0.276. The minimum Gasteiger partial charge on any atom is -0.454 e. The number of ether oxygens (including phenoxy) is 1. The second-order valence-electron chi connectivity index (χ2n) is 8.14. The molecule has 1 aromatic heterocycles. The van der Waals surface area contributed by atoms with Crippen LogP contribution in [0, 0.1) is 5.92 Å². The molecular weight excluding hydrogens is 466 g/mol. The van der Waals surface area contributed by atoms with Gasteiger partial charge in [-0.25, -0.2) is 4.79 Å². The number of fused-ring (bicyclic) bond motifs is 1. The molecule has 0 spiro atoms. The van der Waals surface area contributed by atoms with Gasteiger partial charge in [-0.1, -0.05) is 25.4 Å². The molecule has 0 saturated carbocycles. The van der Waals surface area contributed by atoms with Crippen molar-refractivity contribution < 1.29 is 23.9 Å². The lowest BCUT2D eigenvalue weighted by Gasteiger charge is -2.20. The van der Waals surface area contributed by atoms with Crippen molar-refractivity contribution >= 4 is 51.6 Å². The fraction of sp³-hybridized carbons (Fsp3) is 0.391. The van der Waals surface area contributed by atoms with E-state index in [1.54, 1.807) is 38.1 Å². The van der Waals surface area contributed by atoms with Gasteiger partial charge in [-0.3, -0.25) is 14.4 Å². The third-order valence-corrected chi connectivity index (χ3v) is 6.79. The smallest absolute Gasteiger partial charge is 0.329 e. The van der Waals surface area contributed by atoms with E-state index in [2.05, 4.69) is 10.6 Å². The highest BCUT2D eigenvalue weighted by Crippen LogP contribution is 2.37. The zero-order chi connectivity index (χ0) is 24.1. The number of primary amides is 1.